The predicted octanol–water partition coefficient (Wildman–Crippen LogP) is 0.935. The van der Waals surface area contributed by atoms with Gasteiger partial charge in [-0.05, 0) is 39.3 Å². The Morgan fingerprint density at radius 2 is 2.27 bits per heavy atom. The Bertz CT molecular complexity index is 378. The van der Waals surface area contributed by atoms with Gasteiger partial charge in [0.05, 0.1) is 0 Å². The SMILES string of the molecule is Cc1cc(=O)[nH]c(C2CCCNCC2)n1. The van der Waals surface area contributed by atoms with Crippen LogP contribution in [-0.4, -0.2) is 23.1 Å². The lowest BCUT2D eigenvalue weighted by Crippen LogP contribution is -2.16. The molecule has 15 heavy (non-hydrogen) atoms. The summed E-state index contributed by atoms with van der Waals surface area (Å²) in [4.78, 5) is 18.6. The molecule has 1 aliphatic heterocycles. The average Bonchev–Trinajstić information content (AvgIpc) is 2.43. The van der Waals surface area contributed by atoms with Crippen LogP contribution in [0.3, 0.4) is 0 Å². The van der Waals surface area contributed by atoms with Gasteiger partial charge < -0.3 is 10.3 Å². The minimum atomic E-state index is -0.0327. The molecule has 1 atom stereocenters. The minimum absolute atomic E-state index is 0.0327. The number of rotatable bonds is 1. The summed E-state index contributed by atoms with van der Waals surface area (Å²) >= 11 is 0. The lowest BCUT2D eigenvalue weighted by atomic mass is 10.00. The molecule has 0 saturated carbocycles. The van der Waals surface area contributed by atoms with Gasteiger partial charge in [0.15, 0.2) is 0 Å². The molecule has 2 rings (SSSR count). The fraction of sp³-hybridized carbons (Fsp3) is 0.636. The van der Waals surface area contributed by atoms with Gasteiger partial charge in [-0.1, -0.05) is 0 Å². The van der Waals surface area contributed by atoms with Crippen molar-refractivity contribution < 1.29 is 0 Å². The van der Waals surface area contributed by atoms with Crippen LogP contribution in [0.5, 0.6) is 0 Å². The molecule has 1 saturated heterocycles. The van der Waals surface area contributed by atoms with Crippen LogP contribution in [0.4, 0.5) is 0 Å². The molecule has 1 unspecified atom stereocenters. The van der Waals surface area contributed by atoms with E-state index in [1.165, 1.54) is 0 Å². The number of nitrogens with zero attached hydrogens (tertiary/aromatic N) is 1. The molecule has 0 aromatic carbocycles. The third-order valence-electron chi connectivity index (χ3n) is 2.85. The van der Waals surface area contributed by atoms with Crippen molar-refractivity contribution in [1.82, 2.24) is 15.3 Å². The summed E-state index contributed by atoms with van der Waals surface area (Å²) in [6.07, 6.45) is 3.33. The van der Waals surface area contributed by atoms with E-state index in [1.807, 2.05) is 6.92 Å². The summed E-state index contributed by atoms with van der Waals surface area (Å²) in [5.74, 6) is 1.27. The van der Waals surface area contributed by atoms with E-state index in [4.69, 9.17) is 0 Å². The smallest absolute Gasteiger partial charge is 0.251 e. The molecule has 4 nitrogen and oxygen atoms in total. The molecule has 1 aromatic heterocycles. The number of aromatic amines is 1. The van der Waals surface area contributed by atoms with Crippen molar-refractivity contribution in [3.8, 4) is 0 Å². The molecule has 0 radical (unpaired) electrons. The van der Waals surface area contributed by atoms with Gasteiger partial charge in [-0.25, -0.2) is 4.98 Å². The molecule has 2 heterocycles. The maximum Gasteiger partial charge on any atom is 0.251 e. The number of hydrogen-bond donors (Lipinski definition) is 2. The standard InChI is InChI=1S/C11H17N3O/c1-8-7-10(15)14-11(13-8)9-3-2-5-12-6-4-9/h7,9,12H,2-6H2,1H3,(H,13,14,15). The molecule has 82 valence electrons. The highest BCUT2D eigenvalue weighted by Crippen LogP contribution is 2.22. The first-order chi connectivity index (χ1) is 7.25. The molecule has 1 aliphatic rings. The van der Waals surface area contributed by atoms with Crippen LogP contribution in [0.25, 0.3) is 0 Å². The summed E-state index contributed by atoms with van der Waals surface area (Å²) < 4.78 is 0. The van der Waals surface area contributed by atoms with Crippen molar-refractivity contribution in [2.24, 2.45) is 0 Å². The maximum atomic E-state index is 11.3. The minimum Gasteiger partial charge on any atom is -0.317 e. The first kappa shape index (κ1) is 10.4. The number of aromatic nitrogens is 2. The fourth-order valence-corrected chi connectivity index (χ4v) is 2.09. The van der Waals surface area contributed by atoms with Crippen LogP contribution in [0.1, 0.15) is 36.7 Å². The highest BCUT2D eigenvalue weighted by Gasteiger charge is 2.16. The van der Waals surface area contributed by atoms with E-state index in [9.17, 15) is 4.79 Å². The summed E-state index contributed by atoms with van der Waals surface area (Å²) in [5.41, 5.74) is 0.778. The van der Waals surface area contributed by atoms with Gasteiger partial charge in [0.25, 0.3) is 5.56 Å². The molecule has 4 heteroatoms. The molecule has 0 aliphatic carbocycles. The van der Waals surface area contributed by atoms with Gasteiger partial charge >= 0.3 is 0 Å². The first-order valence-electron chi connectivity index (χ1n) is 5.54. The zero-order chi connectivity index (χ0) is 10.7. The van der Waals surface area contributed by atoms with Crippen LogP contribution in [0.15, 0.2) is 10.9 Å². The topological polar surface area (TPSA) is 57.8 Å². The molecular formula is C11H17N3O. The van der Waals surface area contributed by atoms with Gasteiger partial charge in [-0.15, -0.1) is 0 Å². The second-order valence-electron chi connectivity index (χ2n) is 4.15. The Kier molecular flexibility index (Phi) is 3.16. The Balaban J connectivity index is 2.23. The molecule has 1 fully saturated rings. The maximum absolute atomic E-state index is 11.3. The van der Waals surface area contributed by atoms with Crippen molar-refractivity contribution >= 4 is 0 Å². The van der Waals surface area contributed by atoms with Crippen molar-refractivity contribution in [1.29, 1.82) is 0 Å². The number of hydrogen-bond acceptors (Lipinski definition) is 3. The van der Waals surface area contributed by atoms with Crippen LogP contribution in [0.2, 0.25) is 0 Å². The molecule has 1 aromatic rings. The Labute approximate surface area is 89.1 Å². The summed E-state index contributed by atoms with van der Waals surface area (Å²) in [6, 6.07) is 1.54. The van der Waals surface area contributed by atoms with Crippen molar-refractivity contribution in [3.05, 3.63) is 27.9 Å². The molecular weight excluding hydrogens is 190 g/mol. The van der Waals surface area contributed by atoms with Gasteiger partial charge in [0.1, 0.15) is 5.82 Å². The Hall–Kier alpha value is -1.16. The van der Waals surface area contributed by atoms with E-state index in [0.29, 0.717) is 5.92 Å². The molecule has 0 spiro atoms. The van der Waals surface area contributed by atoms with Gasteiger partial charge in [-0.2, -0.15) is 0 Å². The van der Waals surface area contributed by atoms with Gasteiger partial charge in [0.2, 0.25) is 0 Å². The second kappa shape index (κ2) is 4.57. The van der Waals surface area contributed by atoms with E-state index in [0.717, 1.165) is 43.9 Å². The van der Waals surface area contributed by atoms with Crippen LogP contribution < -0.4 is 10.9 Å². The average molecular weight is 207 g/mol. The van der Waals surface area contributed by atoms with Crippen LogP contribution in [-0.2, 0) is 0 Å². The highest BCUT2D eigenvalue weighted by atomic mass is 16.1. The van der Waals surface area contributed by atoms with Crippen LogP contribution >= 0.6 is 0 Å². The third-order valence-corrected chi connectivity index (χ3v) is 2.85. The predicted molar refractivity (Wildman–Crippen MR) is 59.1 cm³/mol. The van der Waals surface area contributed by atoms with E-state index in [2.05, 4.69) is 15.3 Å². The quantitative estimate of drug-likeness (QED) is 0.720. The van der Waals surface area contributed by atoms with E-state index < -0.39 is 0 Å². The lowest BCUT2D eigenvalue weighted by molar-refractivity contribution is 0.571. The fourth-order valence-electron chi connectivity index (χ4n) is 2.09. The molecule has 0 bridgehead atoms. The van der Waals surface area contributed by atoms with Gasteiger partial charge in [-0.3, -0.25) is 4.79 Å². The number of H-pyrrole nitrogens is 1. The van der Waals surface area contributed by atoms with Crippen molar-refractivity contribution in [3.63, 3.8) is 0 Å². The zero-order valence-corrected chi connectivity index (χ0v) is 9.05. The highest BCUT2D eigenvalue weighted by molar-refractivity contribution is 5.04. The first-order valence-corrected chi connectivity index (χ1v) is 5.54. The normalized spacial score (nSPS) is 22.3. The van der Waals surface area contributed by atoms with Gasteiger partial charge in [0, 0.05) is 17.7 Å². The van der Waals surface area contributed by atoms with E-state index in [-0.39, 0.29) is 5.56 Å². The zero-order valence-electron chi connectivity index (χ0n) is 9.05. The van der Waals surface area contributed by atoms with Crippen molar-refractivity contribution in [2.45, 2.75) is 32.1 Å². The monoisotopic (exact) mass is 207 g/mol. The lowest BCUT2D eigenvalue weighted by Gasteiger charge is -2.12. The summed E-state index contributed by atoms with van der Waals surface area (Å²) in [7, 11) is 0. The number of aryl methyl sites for hydroxylation is 1. The second-order valence-corrected chi connectivity index (χ2v) is 4.15. The summed E-state index contributed by atoms with van der Waals surface area (Å²) in [5, 5.41) is 3.36. The van der Waals surface area contributed by atoms with Crippen LogP contribution in [0, 0.1) is 6.92 Å². The third kappa shape index (κ3) is 2.65. The summed E-state index contributed by atoms with van der Waals surface area (Å²) in [6.45, 7) is 3.96. The Morgan fingerprint density at radius 3 is 3.07 bits per heavy atom. The largest absolute Gasteiger partial charge is 0.317 e. The van der Waals surface area contributed by atoms with E-state index in [1.54, 1.807) is 6.07 Å². The van der Waals surface area contributed by atoms with Crippen molar-refractivity contribution in [2.75, 3.05) is 13.1 Å². The number of nitrogens with one attached hydrogen (secondary N) is 2. The molecule has 2 N–H and O–H groups in total. The van der Waals surface area contributed by atoms with E-state index >= 15 is 0 Å². The molecule has 0 amide bonds. The Morgan fingerprint density at radius 1 is 1.40 bits per heavy atom.